The number of amides is 2. The Morgan fingerprint density at radius 1 is 0.979 bits per heavy atom. The number of carbonyl (C=O) groups excluding carboxylic acids is 1. The zero-order valence-corrected chi connectivity index (χ0v) is 28.7. The maximum Gasteiger partial charge on any atom is 0.320 e. The van der Waals surface area contributed by atoms with Gasteiger partial charge in [-0.05, 0) is 54.6 Å². The summed E-state index contributed by atoms with van der Waals surface area (Å²) in [5.74, 6) is 1.20. The Hall–Kier alpha value is -4.45. The fourth-order valence-electron chi connectivity index (χ4n) is 4.97. The van der Waals surface area contributed by atoms with Gasteiger partial charge in [-0.3, -0.25) is 9.72 Å². The van der Waals surface area contributed by atoms with E-state index in [0.29, 0.717) is 18.1 Å². The van der Waals surface area contributed by atoms with Gasteiger partial charge in [0, 0.05) is 50.5 Å². The number of fused-ring (bicyclic) bond motifs is 1. The van der Waals surface area contributed by atoms with Gasteiger partial charge in [0.1, 0.15) is 11.6 Å². The molecule has 0 atom stereocenters. The number of halogens is 1. The van der Waals surface area contributed by atoms with Crippen LogP contribution in [0.2, 0.25) is 5.02 Å². The van der Waals surface area contributed by atoms with Crippen LogP contribution < -0.4 is 10.6 Å². The summed E-state index contributed by atoms with van der Waals surface area (Å²) in [6, 6.07) is 26.5. The van der Waals surface area contributed by atoms with Crippen LogP contribution in [0.25, 0.3) is 22.7 Å². The lowest BCUT2D eigenvalue weighted by Gasteiger charge is -2.19. The number of nitrogens with one attached hydrogen (secondary N) is 2. The molecule has 3 N–H and O–H groups in total. The van der Waals surface area contributed by atoms with Crippen molar-refractivity contribution in [3.05, 3.63) is 107 Å². The van der Waals surface area contributed by atoms with Crippen LogP contribution >= 0.6 is 35.1 Å². The van der Waals surface area contributed by atoms with E-state index in [9.17, 15) is 9.90 Å². The van der Waals surface area contributed by atoms with Gasteiger partial charge in [-0.2, -0.15) is 5.10 Å². The molecule has 0 saturated carbocycles. The van der Waals surface area contributed by atoms with Crippen molar-refractivity contribution >= 4 is 52.6 Å². The standard InChI is InChI=1S/C35H34ClN7O2S2/c1-5-35(2,3)30-19-32(43(41-30)23-14-16-26(36)27(44)18-23)38-34(45)37-20-22-10-6-8-12-28(22)47-24-15-17-31-39-40-33(42(31)21-24)25-11-7-9-13-29(25)46-4/h6-19,21,44H,5,20H2,1-4H3,(H2,37,38,45). The molecule has 0 bridgehead atoms. The lowest BCUT2D eigenvalue weighted by molar-refractivity contribution is 0.251. The molecule has 0 unspecified atom stereocenters. The lowest BCUT2D eigenvalue weighted by Crippen LogP contribution is -2.29. The number of thioether (sulfide) groups is 1. The predicted molar refractivity (Wildman–Crippen MR) is 190 cm³/mol. The number of aromatic nitrogens is 5. The molecule has 12 heteroatoms. The first-order valence-electron chi connectivity index (χ1n) is 15.0. The van der Waals surface area contributed by atoms with Crippen LogP contribution in [0.15, 0.2) is 106 Å². The summed E-state index contributed by atoms with van der Waals surface area (Å²) < 4.78 is 3.63. The predicted octanol–water partition coefficient (Wildman–Crippen LogP) is 8.82. The Morgan fingerprint density at radius 2 is 1.74 bits per heavy atom. The van der Waals surface area contributed by atoms with Crippen LogP contribution in [0.3, 0.4) is 0 Å². The molecule has 0 saturated heterocycles. The minimum atomic E-state index is -0.381. The molecule has 9 nitrogen and oxygen atoms in total. The van der Waals surface area contributed by atoms with Gasteiger partial charge in [-0.1, -0.05) is 80.5 Å². The molecule has 0 spiro atoms. The van der Waals surface area contributed by atoms with E-state index >= 15 is 0 Å². The Bertz CT molecular complexity index is 2070. The number of benzene rings is 3. The molecule has 0 aliphatic carbocycles. The third kappa shape index (κ3) is 6.97. The molecule has 6 aromatic rings. The van der Waals surface area contributed by atoms with Gasteiger partial charge >= 0.3 is 6.03 Å². The lowest BCUT2D eigenvalue weighted by atomic mass is 9.87. The van der Waals surface area contributed by atoms with E-state index in [2.05, 4.69) is 66.2 Å². The molecule has 3 heterocycles. The molecular weight excluding hydrogens is 650 g/mol. The number of hydrogen-bond acceptors (Lipinski definition) is 7. The summed E-state index contributed by atoms with van der Waals surface area (Å²) in [6.45, 7) is 6.60. The Kier molecular flexibility index (Phi) is 9.49. The molecule has 0 aliphatic rings. The van der Waals surface area contributed by atoms with Crippen molar-refractivity contribution in [2.24, 2.45) is 0 Å². The van der Waals surface area contributed by atoms with E-state index in [1.807, 2.05) is 59.0 Å². The average molecular weight is 684 g/mol. The third-order valence-corrected chi connectivity index (χ3v) is 10.3. The van der Waals surface area contributed by atoms with E-state index in [0.717, 1.165) is 49.4 Å². The van der Waals surface area contributed by atoms with Gasteiger partial charge in [0.05, 0.1) is 16.4 Å². The highest BCUT2D eigenvalue weighted by molar-refractivity contribution is 7.99. The van der Waals surface area contributed by atoms with Crippen molar-refractivity contribution in [1.29, 1.82) is 0 Å². The number of carbonyl (C=O) groups is 1. The molecule has 0 fully saturated rings. The number of hydrogen-bond donors (Lipinski definition) is 3. The molecule has 2 amide bonds. The number of nitrogens with zero attached hydrogens (tertiary/aromatic N) is 5. The number of aromatic hydroxyl groups is 1. The first kappa shape index (κ1) is 32.5. The minimum absolute atomic E-state index is 0.0649. The third-order valence-electron chi connectivity index (χ3n) is 8.07. The Balaban J connectivity index is 1.21. The van der Waals surface area contributed by atoms with Crippen molar-refractivity contribution in [2.75, 3.05) is 11.6 Å². The summed E-state index contributed by atoms with van der Waals surface area (Å²) in [5, 5.41) is 30.1. The maximum absolute atomic E-state index is 13.3. The highest BCUT2D eigenvalue weighted by Gasteiger charge is 2.25. The Morgan fingerprint density at radius 3 is 2.51 bits per heavy atom. The zero-order chi connectivity index (χ0) is 33.1. The van der Waals surface area contributed by atoms with E-state index in [1.165, 1.54) is 6.07 Å². The van der Waals surface area contributed by atoms with E-state index in [-0.39, 0.29) is 22.2 Å². The van der Waals surface area contributed by atoms with Crippen molar-refractivity contribution < 1.29 is 9.90 Å². The largest absolute Gasteiger partial charge is 0.506 e. The summed E-state index contributed by atoms with van der Waals surface area (Å²) in [6.07, 6.45) is 4.96. The topological polar surface area (TPSA) is 109 Å². The van der Waals surface area contributed by atoms with Gasteiger partial charge in [0.2, 0.25) is 0 Å². The number of phenols is 1. The molecular formula is C35H34ClN7O2S2. The SMILES string of the molecule is CCC(C)(C)c1cc(NC(=O)NCc2ccccc2Sc2ccc3nnc(-c4ccccc4SC)n3c2)n(-c2ccc(Cl)c(O)c2)n1. The summed E-state index contributed by atoms with van der Waals surface area (Å²) >= 11 is 9.34. The number of urea groups is 1. The van der Waals surface area contributed by atoms with Crippen molar-refractivity contribution in [3.63, 3.8) is 0 Å². The van der Waals surface area contributed by atoms with E-state index < -0.39 is 0 Å². The second-order valence-corrected chi connectivity index (χ2v) is 13.9. The highest BCUT2D eigenvalue weighted by atomic mass is 35.5. The van der Waals surface area contributed by atoms with Crippen LogP contribution in [0.5, 0.6) is 5.75 Å². The van der Waals surface area contributed by atoms with E-state index in [1.54, 1.807) is 40.3 Å². The van der Waals surface area contributed by atoms with E-state index in [4.69, 9.17) is 16.7 Å². The zero-order valence-electron chi connectivity index (χ0n) is 26.4. The minimum Gasteiger partial charge on any atom is -0.506 e. The summed E-state index contributed by atoms with van der Waals surface area (Å²) in [7, 11) is 0. The second-order valence-electron chi connectivity index (χ2n) is 11.5. The Labute approximate surface area is 286 Å². The normalized spacial score (nSPS) is 11.6. The maximum atomic E-state index is 13.3. The van der Waals surface area contributed by atoms with Gasteiger partial charge < -0.3 is 10.4 Å². The van der Waals surface area contributed by atoms with Gasteiger partial charge in [0.25, 0.3) is 0 Å². The van der Waals surface area contributed by atoms with Crippen LogP contribution in [0, 0.1) is 0 Å². The fourth-order valence-corrected chi connectivity index (χ4v) is 6.65. The molecule has 3 aromatic carbocycles. The number of phenolic OH excluding ortho intramolecular Hbond substituents is 1. The smallest absolute Gasteiger partial charge is 0.320 e. The molecule has 0 aliphatic heterocycles. The summed E-state index contributed by atoms with van der Waals surface area (Å²) in [4.78, 5) is 16.4. The fraction of sp³-hybridized carbons (Fsp3) is 0.200. The van der Waals surface area contributed by atoms with Gasteiger partial charge in [-0.15, -0.1) is 22.0 Å². The van der Waals surface area contributed by atoms with Gasteiger partial charge in [0.15, 0.2) is 11.5 Å². The number of pyridine rings is 1. The van der Waals surface area contributed by atoms with Crippen molar-refractivity contribution in [1.82, 2.24) is 29.7 Å². The van der Waals surface area contributed by atoms with Crippen molar-refractivity contribution in [3.8, 4) is 22.8 Å². The summed E-state index contributed by atoms with van der Waals surface area (Å²) in [5.41, 5.74) is 3.94. The van der Waals surface area contributed by atoms with Crippen LogP contribution in [0.4, 0.5) is 10.6 Å². The highest BCUT2D eigenvalue weighted by Crippen LogP contribution is 2.34. The number of anilines is 1. The molecule has 6 rings (SSSR count). The first-order valence-corrected chi connectivity index (χ1v) is 17.5. The van der Waals surface area contributed by atoms with Crippen LogP contribution in [-0.4, -0.2) is 41.8 Å². The quantitative estimate of drug-likeness (QED) is 0.124. The molecule has 47 heavy (non-hydrogen) atoms. The van der Waals surface area contributed by atoms with Crippen LogP contribution in [0.1, 0.15) is 38.4 Å². The second kappa shape index (κ2) is 13.7. The number of rotatable bonds is 10. The first-order chi connectivity index (χ1) is 22.7. The average Bonchev–Trinajstić information content (AvgIpc) is 3.70. The van der Waals surface area contributed by atoms with Crippen molar-refractivity contribution in [2.45, 2.75) is 53.8 Å². The molecule has 3 aromatic heterocycles. The molecule has 0 radical (unpaired) electrons. The molecule has 240 valence electrons. The van der Waals surface area contributed by atoms with Crippen LogP contribution in [-0.2, 0) is 12.0 Å². The van der Waals surface area contributed by atoms with Gasteiger partial charge in [-0.25, -0.2) is 9.48 Å². The monoisotopic (exact) mass is 683 g/mol.